The topological polar surface area (TPSA) is 59.8 Å². The molecule has 1 amide bonds. The van der Waals surface area contributed by atoms with E-state index in [0.717, 1.165) is 11.6 Å². The first-order valence-corrected chi connectivity index (χ1v) is 6.81. The van der Waals surface area contributed by atoms with Crippen LogP contribution in [-0.4, -0.2) is 26.3 Å². The molecule has 6 heteroatoms. The van der Waals surface area contributed by atoms with Crippen molar-refractivity contribution in [2.75, 3.05) is 11.2 Å². The summed E-state index contributed by atoms with van der Waals surface area (Å²) in [4.78, 5) is 20.5. The largest absolute Gasteiger partial charge is 0.324 e. The Labute approximate surface area is 123 Å². The minimum Gasteiger partial charge on any atom is -0.324 e. The zero-order valence-electron chi connectivity index (χ0n) is 11.7. The number of halogens is 1. The van der Waals surface area contributed by atoms with E-state index in [2.05, 4.69) is 15.3 Å². The fraction of sp³-hybridized carbons (Fsp3) is 0.357. The average Bonchev–Trinajstić information content (AvgIpc) is 2.86. The number of aryl methyl sites for hydroxylation is 1. The molecule has 0 aliphatic rings. The van der Waals surface area contributed by atoms with E-state index in [1.165, 1.54) is 0 Å². The van der Waals surface area contributed by atoms with Gasteiger partial charge in [-0.15, -0.1) is 11.6 Å². The number of pyridine rings is 1. The number of alkyl halides is 1. The summed E-state index contributed by atoms with van der Waals surface area (Å²) in [6.45, 7) is 5.50. The minimum atomic E-state index is -0.610. The Balaban J connectivity index is 2.14. The van der Waals surface area contributed by atoms with Crippen molar-refractivity contribution in [3.63, 3.8) is 0 Å². The maximum Gasteiger partial charge on any atom is 0.231 e. The highest BCUT2D eigenvalue weighted by atomic mass is 35.5. The molecule has 0 fully saturated rings. The van der Waals surface area contributed by atoms with Gasteiger partial charge in [0.1, 0.15) is 11.6 Å². The molecule has 1 N–H and O–H groups in total. The van der Waals surface area contributed by atoms with E-state index >= 15 is 0 Å². The Morgan fingerprint density at radius 2 is 2.15 bits per heavy atom. The van der Waals surface area contributed by atoms with Gasteiger partial charge < -0.3 is 5.32 Å². The number of anilines is 1. The summed E-state index contributed by atoms with van der Waals surface area (Å²) < 4.78 is 1.87. The fourth-order valence-corrected chi connectivity index (χ4v) is 1.70. The van der Waals surface area contributed by atoms with Gasteiger partial charge in [-0.2, -0.15) is 0 Å². The summed E-state index contributed by atoms with van der Waals surface area (Å²) in [6.07, 6.45) is 5.18. The van der Waals surface area contributed by atoms with Crippen LogP contribution in [0.15, 0.2) is 30.7 Å². The smallest absolute Gasteiger partial charge is 0.231 e. The van der Waals surface area contributed by atoms with Crippen molar-refractivity contribution >= 4 is 23.2 Å². The summed E-state index contributed by atoms with van der Waals surface area (Å²) in [6, 6.07) is 3.64. The molecule has 106 valence electrons. The Bertz CT molecular complexity index is 604. The van der Waals surface area contributed by atoms with Crippen LogP contribution in [-0.2, 0) is 4.79 Å². The monoisotopic (exact) mass is 292 g/mol. The lowest BCUT2D eigenvalue weighted by Crippen LogP contribution is -2.32. The zero-order chi connectivity index (χ0) is 14.8. The van der Waals surface area contributed by atoms with Gasteiger partial charge >= 0.3 is 0 Å². The van der Waals surface area contributed by atoms with Crippen LogP contribution in [0.2, 0.25) is 0 Å². The number of rotatable bonds is 4. The molecule has 0 spiro atoms. The van der Waals surface area contributed by atoms with Crippen molar-refractivity contribution in [1.29, 1.82) is 0 Å². The van der Waals surface area contributed by atoms with Crippen LogP contribution in [0.25, 0.3) is 5.82 Å². The third kappa shape index (κ3) is 2.99. The van der Waals surface area contributed by atoms with Crippen LogP contribution >= 0.6 is 11.6 Å². The molecular weight excluding hydrogens is 276 g/mol. The van der Waals surface area contributed by atoms with Crippen molar-refractivity contribution in [3.05, 3.63) is 36.5 Å². The van der Waals surface area contributed by atoms with Gasteiger partial charge in [-0.05, 0) is 32.9 Å². The van der Waals surface area contributed by atoms with E-state index < -0.39 is 5.41 Å². The van der Waals surface area contributed by atoms with Gasteiger partial charge in [0.15, 0.2) is 0 Å². The number of carbonyl (C=O) groups excluding carboxylic acids is 1. The number of hydrogen-bond acceptors (Lipinski definition) is 3. The molecule has 20 heavy (non-hydrogen) atoms. The molecule has 0 saturated heterocycles. The van der Waals surface area contributed by atoms with Gasteiger partial charge in [0.25, 0.3) is 0 Å². The van der Waals surface area contributed by atoms with E-state index in [1.54, 1.807) is 26.2 Å². The molecule has 0 aliphatic carbocycles. The molecule has 0 radical (unpaired) electrons. The summed E-state index contributed by atoms with van der Waals surface area (Å²) in [5.74, 6) is 1.76. The first kappa shape index (κ1) is 14.5. The predicted molar refractivity (Wildman–Crippen MR) is 79.2 cm³/mol. The summed E-state index contributed by atoms with van der Waals surface area (Å²) >= 11 is 5.78. The van der Waals surface area contributed by atoms with Crippen molar-refractivity contribution < 1.29 is 4.79 Å². The standard InChI is InChI=1S/C14H17ClN4O/c1-10-16-6-7-19(10)12-5-4-11(8-17-12)18-13(20)14(2,3)9-15/h4-8H,9H2,1-3H3,(H,18,20). The van der Waals surface area contributed by atoms with Crippen molar-refractivity contribution in [3.8, 4) is 5.82 Å². The van der Waals surface area contributed by atoms with Gasteiger partial charge in [-0.25, -0.2) is 9.97 Å². The molecule has 0 atom stereocenters. The second-order valence-corrected chi connectivity index (χ2v) is 5.49. The molecule has 0 unspecified atom stereocenters. The van der Waals surface area contributed by atoms with Crippen LogP contribution < -0.4 is 5.32 Å². The molecule has 2 rings (SSSR count). The minimum absolute atomic E-state index is 0.124. The van der Waals surface area contributed by atoms with Gasteiger partial charge in [0, 0.05) is 18.3 Å². The molecule has 2 heterocycles. The molecule has 0 saturated carbocycles. The highest BCUT2D eigenvalue weighted by Crippen LogP contribution is 2.20. The van der Waals surface area contributed by atoms with Crippen LogP contribution in [0.1, 0.15) is 19.7 Å². The number of amides is 1. The van der Waals surface area contributed by atoms with Crippen LogP contribution in [0.4, 0.5) is 5.69 Å². The van der Waals surface area contributed by atoms with Crippen LogP contribution in [0.5, 0.6) is 0 Å². The third-order valence-electron chi connectivity index (χ3n) is 3.03. The molecule has 2 aromatic rings. The lowest BCUT2D eigenvalue weighted by Gasteiger charge is -2.20. The van der Waals surface area contributed by atoms with E-state index in [4.69, 9.17) is 11.6 Å². The predicted octanol–water partition coefficient (Wildman–Crippen LogP) is 2.78. The normalized spacial score (nSPS) is 11.4. The van der Waals surface area contributed by atoms with Crippen LogP contribution in [0.3, 0.4) is 0 Å². The van der Waals surface area contributed by atoms with Crippen molar-refractivity contribution in [2.24, 2.45) is 5.41 Å². The number of carbonyl (C=O) groups is 1. The molecule has 5 nitrogen and oxygen atoms in total. The van der Waals surface area contributed by atoms with E-state index in [0.29, 0.717) is 5.69 Å². The summed E-state index contributed by atoms with van der Waals surface area (Å²) in [5, 5.41) is 2.81. The SMILES string of the molecule is Cc1nccn1-c1ccc(NC(=O)C(C)(C)CCl)cn1. The zero-order valence-corrected chi connectivity index (χ0v) is 12.5. The second kappa shape index (κ2) is 5.63. The highest BCUT2D eigenvalue weighted by molar-refractivity contribution is 6.20. The Morgan fingerprint density at radius 1 is 1.40 bits per heavy atom. The maximum absolute atomic E-state index is 12.0. The number of hydrogen-bond donors (Lipinski definition) is 1. The summed E-state index contributed by atoms with van der Waals surface area (Å²) in [5.41, 5.74) is 0.0379. The summed E-state index contributed by atoms with van der Waals surface area (Å²) in [7, 11) is 0. The Morgan fingerprint density at radius 3 is 2.65 bits per heavy atom. The lowest BCUT2D eigenvalue weighted by atomic mass is 9.95. The quantitative estimate of drug-likeness (QED) is 0.882. The Kier molecular flexibility index (Phi) is 4.09. The van der Waals surface area contributed by atoms with Crippen LogP contribution in [0, 0.1) is 12.3 Å². The fourth-order valence-electron chi connectivity index (χ4n) is 1.58. The lowest BCUT2D eigenvalue weighted by molar-refractivity contribution is -0.122. The van der Waals surface area contributed by atoms with E-state index in [9.17, 15) is 4.79 Å². The van der Waals surface area contributed by atoms with Gasteiger partial charge in [-0.3, -0.25) is 9.36 Å². The molecule has 0 bridgehead atoms. The molecule has 0 aliphatic heterocycles. The Hall–Kier alpha value is -1.88. The second-order valence-electron chi connectivity index (χ2n) is 5.22. The first-order chi connectivity index (χ1) is 9.44. The maximum atomic E-state index is 12.0. The number of nitrogens with one attached hydrogen (secondary N) is 1. The van der Waals surface area contributed by atoms with Gasteiger partial charge in [-0.1, -0.05) is 0 Å². The van der Waals surface area contributed by atoms with E-state index in [1.807, 2.05) is 29.8 Å². The average molecular weight is 293 g/mol. The number of nitrogens with zero attached hydrogens (tertiary/aromatic N) is 3. The number of aromatic nitrogens is 3. The first-order valence-electron chi connectivity index (χ1n) is 6.28. The highest BCUT2D eigenvalue weighted by Gasteiger charge is 2.26. The molecule has 2 aromatic heterocycles. The van der Waals surface area contributed by atoms with Crippen molar-refractivity contribution in [1.82, 2.24) is 14.5 Å². The van der Waals surface area contributed by atoms with Crippen molar-refractivity contribution in [2.45, 2.75) is 20.8 Å². The van der Waals surface area contributed by atoms with Gasteiger partial charge in [0.05, 0.1) is 17.3 Å². The molecule has 0 aromatic carbocycles. The molecular formula is C14H17ClN4O. The third-order valence-corrected chi connectivity index (χ3v) is 3.70. The van der Waals surface area contributed by atoms with Gasteiger partial charge in [0.2, 0.25) is 5.91 Å². The van der Waals surface area contributed by atoms with E-state index in [-0.39, 0.29) is 11.8 Å². The number of imidazole rings is 1.